The van der Waals surface area contributed by atoms with E-state index >= 15 is 0 Å². The summed E-state index contributed by atoms with van der Waals surface area (Å²) in [6.45, 7) is 3.85. The summed E-state index contributed by atoms with van der Waals surface area (Å²) in [5.74, 6) is -0.841. The van der Waals surface area contributed by atoms with Gasteiger partial charge in [0.2, 0.25) is 5.82 Å². The first-order chi connectivity index (χ1) is 17.0. The number of carboxylic acids is 1. The SMILES string of the molecule is COCc1cc(-c2nc(-c3ccc(OCCCC(=O)O)c(F)c3)no2)ccc1N1CCCCC1C. The van der Waals surface area contributed by atoms with Crippen molar-refractivity contribution >= 4 is 11.7 Å². The lowest BCUT2D eigenvalue weighted by Gasteiger charge is -2.36. The van der Waals surface area contributed by atoms with Gasteiger partial charge in [-0.15, -0.1) is 0 Å². The number of nitrogens with zero attached hydrogens (tertiary/aromatic N) is 3. The van der Waals surface area contributed by atoms with Crippen LogP contribution in [0.1, 0.15) is 44.6 Å². The predicted octanol–water partition coefficient (Wildman–Crippen LogP) is 5.31. The van der Waals surface area contributed by atoms with Crippen LogP contribution in [0.5, 0.6) is 5.75 Å². The molecule has 1 aliphatic rings. The summed E-state index contributed by atoms with van der Waals surface area (Å²) in [7, 11) is 1.68. The third-order valence-electron chi connectivity index (χ3n) is 6.15. The van der Waals surface area contributed by atoms with Crippen molar-refractivity contribution in [3.63, 3.8) is 0 Å². The Balaban J connectivity index is 1.51. The highest BCUT2D eigenvalue weighted by atomic mass is 19.1. The number of hydrogen-bond acceptors (Lipinski definition) is 7. The van der Waals surface area contributed by atoms with Crippen molar-refractivity contribution in [1.29, 1.82) is 0 Å². The van der Waals surface area contributed by atoms with Crippen molar-refractivity contribution < 1.29 is 28.3 Å². The highest BCUT2D eigenvalue weighted by molar-refractivity contribution is 5.67. The van der Waals surface area contributed by atoms with Crippen molar-refractivity contribution in [1.82, 2.24) is 10.1 Å². The van der Waals surface area contributed by atoms with Crippen LogP contribution in [0, 0.1) is 5.82 Å². The molecular formula is C26H30FN3O5. The number of anilines is 1. The number of aromatic nitrogens is 2. The van der Waals surface area contributed by atoms with Gasteiger partial charge in [0.25, 0.3) is 5.89 Å². The molecule has 2 aromatic carbocycles. The highest BCUT2D eigenvalue weighted by Crippen LogP contribution is 2.33. The van der Waals surface area contributed by atoms with Crippen LogP contribution in [0.4, 0.5) is 10.1 Å². The van der Waals surface area contributed by atoms with Crippen LogP contribution in [-0.4, -0.2) is 47.5 Å². The van der Waals surface area contributed by atoms with Gasteiger partial charge in [0.1, 0.15) is 0 Å². The number of ether oxygens (including phenoxy) is 2. The van der Waals surface area contributed by atoms with Gasteiger partial charge >= 0.3 is 5.97 Å². The van der Waals surface area contributed by atoms with Gasteiger partial charge in [-0.1, -0.05) is 5.16 Å². The molecule has 1 saturated heterocycles. The maximum Gasteiger partial charge on any atom is 0.303 e. The van der Waals surface area contributed by atoms with Crippen LogP contribution in [0.2, 0.25) is 0 Å². The van der Waals surface area contributed by atoms with Crippen LogP contribution in [0.3, 0.4) is 0 Å². The van der Waals surface area contributed by atoms with E-state index in [0.29, 0.717) is 30.5 Å². The third-order valence-corrected chi connectivity index (χ3v) is 6.15. The number of methoxy groups -OCH3 is 1. The van der Waals surface area contributed by atoms with Gasteiger partial charge < -0.3 is 24.0 Å². The number of benzene rings is 2. The largest absolute Gasteiger partial charge is 0.491 e. The Morgan fingerprint density at radius 1 is 1.23 bits per heavy atom. The lowest BCUT2D eigenvalue weighted by molar-refractivity contribution is -0.137. The lowest BCUT2D eigenvalue weighted by atomic mass is 10.00. The molecule has 1 atom stereocenters. The Morgan fingerprint density at radius 3 is 2.80 bits per heavy atom. The zero-order valence-electron chi connectivity index (χ0n) is 20.0. The second-order valence-electron chi connectivity index (χ2n) is 8.73. The van der Waals surface area contributed by atoms with Gasteiger partial charge in [0, 0.05) is 48.5 Å². The summed E-state index contributed by atoms with van der Waals surface area (Å²) in [6, 6.07) is 10.9. The Kier molecular flexibility index (Phi) is 7.97. The minimum Gasteiger partial charge on any atom is -0.491 e. The van der Waals surface area contributed by atoms with Gasteiger partial charge in [-0.2, -0.15) is 4.98 Å². The smallest absolute Gasteiger partial charge is 0.303 e. The molecule has 4 rings (SSSR count). The summed E-state index contributed by atoms with van der Waals surface area (Å²) in [5, 5.41) is 12.7. The number of piperidine rings is 1. The molecule has 0 bridgehead atoms. The van der Waals surface area contributed by atoms with Gasteiger partial charge in [0.15, 0.2) is 11.6 Å². The molecule has 8 nitrogen and oxygen atoms in total. The molecule has 1 unspecified atom stereocenters. The lowest BCUT2D eigenvalue weighted by Crippen LogP contribution is -2.38. The molecule has 1 N–H and O–H groups in total. The maximum atomic E-state index is 14.5. The summed E-state index contributed by atoms with van der Waals surface area (Å²) in [5.41, 5.74) is 3.42. The van der Waals surface area contributed by atoms with E-state index < -0.39 is 11.8 Å². The highest BCUT2D eigenvalue weighted by Gasteiger charge is 2.22. The van der Waals surface area contributed by atoms with Crippen molar-refractivity contribution in [2.24, 2.45) is 0 Å². The third kappa shape index (κ3) is 5.97. The quantitative estimate of drug-likeness (QED) is 0.388. The molecule has 35 heavy (non-hydrogen) atoms. The van der Waals surface area contributed by atoms with E-state index in [4.69, 9.17) is 19.1 Å². The van der Waals surface area contributed by atoms with E-state index in [-0.39, 0.29) is 24.6 Å². The summed E-state index contributed by atoms with van der Waals surface area (Å²) in [4.78, 5) is 17.5. The molecule has 0 radical (unpaired) electrons. The number of aliphatic carboxylic acids is 1. The molecule has 0 amide bonds. The van der Waals surface area contributed by atoms with E-state index in [2.05, 4.69) is 28.0 Å². The number of carboxylic acid groups (broad SMARTS) is 1. The van der Waals surface area contributed by atoms with Crippen molar-refractivity contribution in [3.05, 3.63) is 47.8 Å². The number of halogens is 1. The molecule has 186 valence electrons. The normalized spacial score (nSPS) is 15.9. The Hall–Kier alpha value is -3.46. The summed E-state index contributed by atoms with van der Waals surface area (Å²) >= 11 is 0. The van der Waals surface area contributed by atoms with E-state index in [1.54, 1.807) is 13.2 Å². The van der Waals surface area contributed by atoms with Crippen LogP contribution < -0.4 is 9.64 Å². The van der Waals surface area contributed by atoms with Crippen molar-refractivity contribution in [2.45, 2.75) is 51.7 Å². The first-order valence-corrected chi connectivity index (χ1v) is 11.8. The predicted molar refractivity (Wildman–Crippen MR) is 129 cm³/mol. The van der Waals surface area contributed by atoms with Crippen molar-refractivity contribution in [3.8, 4) is 28.6 Å². The molecule has 1 aliphatic heterocycles. The Labute approximate surface area is 203 Å². The fraction of sp³-hybridized carbons (Fsp3) is 0.423. The maximum absolute atomic E-state index is 14.5. The van der Waals surface area contributed by atoms with Crippen LogP contribution in [0.25, 0.3) is 22.8 Å². The minimum atomic E-state index is -0.914. The minimum absolute atomic E-state index is 0.0323. The summed E-state index contributed by atoms with van der Waals surface area (Å²) in [6.07, 6.45) is 3.86. The molecule has 3 aromatic rings. The standard InChI is InChI=1S/C26H30FN3O5/c1-17-6-3-4-12-30(17)22-10-8-19(14-20(22)16-33-2)26-28-25(29-35-26)18-9-11-23(21(27)15-18)34-13-5-7-24(31)32/h8-11,14-15,17H,3-7,12-13,16H2,1-2H3,(H,31,32). The molecule has 2 heterocycles. The van der Waals surface area contributed by atoms with Crippen LogP contribution >= 0.6 is 0 Å². The summed E-state index contributed by atoms with van der Waals surface area (Å²) < 4.78 is 30.8. The fourth-order valence-corrected chi connectivity index (χ4v) is 4.35. The molecule has 9 heteroatoms. The first-order valence-electron chi connectivity index (χ1n) is 11.8. The average molecular weight is 484 g/mol. The van der Waals surface area contributed by atoms with E-state index in [9.17, 15) is 9.18 Å². The molecular weight excluding hydrogens is 453 g/mol. The topological polar surface area (TPSA) is 97.9 Å². The number of carbonyl (C=O) groups is 1. The molecule has 1 aromatic heterocycles. The monoisotopic (exact) mass is 483 g/mol. The molecule has 0 aliphatic carbocycles. The molecule has 1 fully saturated rings. The first kappa shape index (κ1) is 24.7. The fourth-order valence-electron chi connectivity index (χ4n) is 4.35. The van der Waals surface area contributed by atoms with Gasteiger partial charge in [-0.25, -0.2) is 4.39 Å². The van der Waals surface area contributed by atoms with Gasteiger partial charge in [-0.3, -0.25) is 4.79 Å². The average Bonchev–Trinajstić information content (AvgIpc) is 3.34. The zero-order chi connectivity index (χ0) is 24.8. The van der Waals surface area contributed by atoms with Crippen LogP contribution in [0.15, 0.2) is 40.9 Å². The molecule has 0 spiro atoms. The Bertz CT molecular complexity index is 1170. The van der Waals surface area contributed by atoms with E-state index in [1.807, 2.05) is 12.1 Å². The van der Waals surface area contributed by atoms with Gasteiger partial charge in [-0.05, 0) is 69.0 Å². The zero-order valence-corrected chi connectivity index (χ0v) is 20.0. The van der Waals surface area contributed by atoms with Crippen LogP contribution in [-0.2, 0) is 16.1 Å². The van der Waals surface area contributed by atoms with E-state index in [1.165, 1.54) is 31.4 Å². The second-order valence-corrected chi connectivity index (χ2v) is 8.73. The molecule has 0 saturated carbocycles. The second kappa shape index (κ2) is 11.3. The Morgan fingerprint density at radius 2 is 2.06 bits per heavy atom. The van der Waals surface area contributed by atoms with E-state index in [0.717, 1.165) is 23.4 Å². The number of hydrogen-bond donors (Lipinski definition) is 1. The van der Waals surface area contributed by atoms with Gasteiger partial charge in [0.05, 0.1) is 13.2 Å². The number of rotatable bonds is 10. The van der Waals surface area contributed by atoms with Crippen molar-refractivity contribution in [2.75, 3.05) is 25.2 Å².